The molecule has 0 aromatic heterocycles. The zero-order chi connectivity index (χ0) is 26.8. The molecular weight excluding hydrogens is 510 g/mol. The van der Waals surface area contributed by atoms with Gasteiger partial charge in [-0.2, -0.15) is 4.31 Å². The fraction of sp³-hybridized carbons (Fsp3) is 0.429. The number of rotatable bonds is 12. The summed E-state index contributed by atoms with van der Waals surface area (Å²) in [6.45, 7) is 2.02. The lowest BCUT2D eigenvalue weighted by atomic mass is 9.97. The minimum Gasteiger partial charge on any atom is -0.354 e. The van der Waals surface area contributed by atoms with E-state index >= 15 is 0 Å². The summed E-state index contributed by atoms with van der Waals surface area (Å²) in [4.78, 5) is 28.0. The van der Waals surface area contributed by atoms with Crippen molar-refractivity contribution < 1.29 is 18.0 Å². The molecule has 9 heteroatoms. The van der Waals surface area contributed by atoms with Crippen LogP contribution in [0, 0.1) is 0 Å². The van der Waals surface area contributed by atoms with Crippen molar-refractivity contribution in [2.45, 2.75) is 58.2 Å². The molecule has 0 aliphatic heterocycles. The number of benzene rings is 2. The second kappa shape index (κ2) is 13.7. The summed E-state index contributed by atoms with van der Waals surface area (Å²) in [5, 5.41) is 3.52. The van der Waals surface area contributed by atoms with Gasteiger partial charge in [-0.1, -0.05) is 65.7 Å². The topological polar surface area (TPSA) is 86.8 Å². The molecule has 1 atom stereocenters. The molecule has 7 nitrogen and oxygen atoms in total. The predicted octanol–water partition coefficient (Wildman–Crippen LogP) is 4.53. The maximum Gasteiger partial charge on any atom is 0.242 e. The lowest BCUT2D eigenvalue weighted by molar-refractivity contribution is -0.140. The summed E-state index contributed by atoms with van der Waals surface area (Å²) >= 11 is 6.02. The van der Waals surface area contributed by atoms with Gasteiger partial charge in [0.1, 0.15) is 6.04 Å². The van der Waals surface area contributed by atoms with Crippen LogP contribution in [0.3, 0.4) is 0 Å². The van der Waals surface area contributed by atoms with Crippen LogP contribution in [0.25, 0.3) is 0 Å². The highest BCUT2D eigenvalue weighted by molar-refractivity contribution is 7.88. The third kappa shape index (κ3) is 9.29. The van der Waals surface area contributed by atoms with E-state index in [4.69, 9.17) is 11.6 Å². The van der Waals surface area contributed by atoms with E-state index in [9.17, 15) is 18.0 Å². The number of allylic oxidation sites excluding steroid dienone is 1. The maximum absolute atomic E-state index is 13.5. The van der Waals surface area contributed by atoms with Gasteiger partial charge < -0.3 is 10.2 Å². The fourth-order valence-electron chi connectivity index (χ4n) is 4.31. The molecule has 0 saturated heterocycles. The molecule has 37 heavy (non-hydrogen) atoms. The van der Waals surface area contributed by atoms with Crippen LogP contribution in [0.4, 0.5) is 0 Å². The zero-order valence-electron chi connectivity index (χ0n) is 21.5. The number of nitrogens with one attached hydrogen (secondary N) is 1. The molecule has 2 aromatic carbocycles. The highest BCUT2D eigenvalue weighted by atomic mass is 35.5. The van der Waals surface area contributed by atoms with Crippen LogP contribution in [-0.2, 0) is 32.7 Å². The van der Waals surface area contributed by atoms with Crippen LogP contribution >= 0.6 is 11.6 Å². The number of sulfonamides is 1. The number of hydrogen-bond acceptors (Lipinski definition) is 4. The summed E-state index contributed by atoms with van der Waals surface area (Å²) in [5.74, 6) is -0.721. The van der Waals surface area contributed by atoms with E-state index in [1.54, 1.807) is 31.2 Å². The highest BCUT2D eigenvalue weighted by Gasteiger charge is 2.29. The van der Waals surface area contributed by atoms with Gasteiger partial charge in [0.2, 0.25) is 21.8 Å². The molecule has 0 heterocycles. The van der Waals surface area contributed by atoms with E-state index in [0.717, 1.165) is 41.0 Å². The summed E-state index contributed by atoms with van der Waals surface area (Å²) in [6.07, 6.45) is 8.67. The molecule has 0 fully saturated rings. The Morgan fingerprint density at radius 3 is 2.30 bits per heavy atom. The number of amides is 2. The summed E-state index contributed by atoms with van der Waals surface area (Å²) in [5.41, 5.74) is 2.92. The van der Waals surface area contributed by atoms with Crippen LogP contribution in [0.2, 0.25) is 5.02 Å². The van der Waals surface area contributed by atoms with Gasteiger partial charge in [0.05, 0.1) is 12.8 Å². The van der Waals surface area contributed by atoms with Gasteiger partial charge >= 0.3 is 0 Å². The van der Waals surface area contributed by atoms with E-state index in [1.807, 2.05) is 30.3 Å². The second-order valence-corrected chi connectivity index (χ2v) is 11.9. The standard InChI is InChI=1S/C28H36ClN3O4S/c1-22(28(34)30-18-17-23-9-5-3-6-10-23)32(20-25-13-15-26(29)16-14-25)27(33)21-31(37(2,35)36)19-24-11-7-4-8-12-24/h4,7-9,11-16,22H,3,5-6,10,17-21H2,1-2H3,(H,30,34)/t22-/m1/s1. The Morgan fingerprint density at radius 1 is 1.00 bits per heavy atom. The van der Waals surface area contributed by atoms with Crippen LogP contribution in [0.15, 0.2) is 66.2 Å². The number of halogens is 1. The number of nitrogens with zero attached hydrogens (tertiary/aromatic N) is 2. The molecule has 0 unspecified atom stereocenters. The van der Waals surface area contributed by atoms with Gasteiger partial charge in [-0.05, 0) is 62.3 Å². The summed E-state index contributed by atoms with van der Waals surface area (Å²) in [7, 11) is -3.68. The van der Waals surface area contributed by atoms with Gasteiger partial charge in [-0.15, -0.1) is 0 Å². The van der Waals surface area contributed by atoms with Crippen molar-refractivity contribution in [3.05, 3.63) is 82.4 Å². The third-order valence-corrected chi connectivity index (χ3v) is 7.99. The Bertz CT molecular complexity index is 1180. The minimum absolute atomic E-state index is 0.0654. The summed E-state index contributed by atoms with van der Waals surface area (Å²) in [6, 6.07) is 15.3. The van der Waals surface area contributed by atoms with E-state index < -0.39 is 22.0 Å². The summed E-state index contributed by atoms with van der Waals surface area (Å²) < 4.78 is 26.2. The van der Waals surface area contributed by atoms with Crippen LogP contribution in [0.1, 0.15) is 50.2 Å². The van der Waals surface area contributed by atoms with Gasteiger partial charge in [-0.3, -0.25) is 9.59 Å². The fourth-order valence-corrected chi connectivity index (χ4v) is 5.17. The van der Waals surface area contributed by atoms with Gasteiger partial charge in [0, 0.05) is 24.7 Å². The van der Waals surface area contributed by atoms with Crippen molar-refractivity contribution in [3.63, 3.8) is 0 Å². The number of carbonyl (C=O) groups is 2. The molecule has 1 N–H and O–H groups in total. The first kappa shape index (κ1) is 28.9. The molecule has 0 radical (unpaired) electrons. The smallest absolute Gasteiger partial charge is 0.242 e. The van der Waals surface area contributed by atoms with E-state index in [1.165, 1.54) is 23.3 Å². The van der Waals surface area contributed by atoms with Crippen LogP contribution in [0.5, 0.6) is 0 Å². The first-order valence-corrected chi connectivity index (χ1v) is 14.8. The van der Waals surface area contributed by atoms with E-state index in [2.05, 4.69) is 11.4 Å². The minimum atomic E-state index is -3.68. The molecule has 1 aliphatic carbocycles. The Kier molecular flexibility index (Phi) is 10.7. The number of hydrogen-bond donors (Lipinski definition) is 1. The highest BCUT2D eigenvalue weighted by Crippen LogP contribution is 2.20. The van der Waals surface area contributed by atoms with Crippen molar-refractivity contribution in [2.24, 2.45) is 0 Å². The van der Waals surface area contributed by atoms with Crippen LogP contribution < -0.4 is 5.32 Å². The maximum atomic E-state index is 13.5. The van der Waals surface area contributed by atoms with Crippen molar-refractivity contribution in [2.75, 3.05) is 19.3 Å². The Labute approximate surface area is 225 Å². The largest absolute Gasteiger partial charge is 0.354 e. The monoisotopic (exact) mass is 545 g/mol. The molecule has 3 rings (SSSR count). The van der Waals surface area contributed by atoms with Crippen molar-refractivity contribution in [1.82, 2.24) is 14.5 Å². The number of carbonyl (C=O) groups excluding carboxylic acids is 2. The molecule has 0 spiro atoms. The van der Waals surface area contributed by atoms with Gasteiger partial charge in [-0.25, -0.2) is 8.42 Å². The first-order valence-electron chi connectivity index (χ1n) is 12.6. The lowest BCUT2D eigenvalue weighted by Crippen LogP contribution is -2.51. The van der Waals surface area contributed by atoms with Crippen molar-refractivity contribution in [1.29, 1.82) is 0 Å². The molecule has 0 bridgehead atoms. The predicted molar refractivity (Wildman–Crippen MR) is 147 cm³/mol. The van der Waals surface area contributed by atoms with Crippen LogP contribution in [-0.4, -0.2) is 54.8 Å². The van der Waals surface area contributed by atoms with E-state index in [0.29, 0.717) is 11.6 Å². The Morgan fingerprint density at radius 2 is 1.68 bits per heavy atom. The molecule has 2 amide bonds. The van der Waals surface area contributed by atoms with Crippen molar-refractivity contribution >= 4 is 33.4 Å². The Balaban J connectivity index is 1.74. The normalized spacial score (nSPS) is 14.6. The molecule has 1 aliphatic rings. The third-order valence-electron chi connectivity index (χ3n) is 6.55. The van der Waals surface area contributed by atoms with E-state index in [-0.39, 0.29) is 25.5 Å². The lowest BCUT2D eigenvalue weighted by Gasteiger charge is -2.31. The Hall–Kier alpha value is -2.68. The quantitative estimate of drug-likeness (QED) is 0.397. The molecular formula is C28H36ClN3O4S. The SMILES string of the molecule is C[C@H](C(=O)NCCC1=CCCCC1)N(Cc1ccc(Cl)cc1)C(=O)CN(Cc1ccccc1)S(C)(=O)=O. The average Bonchev–Trinajstić information content (AvgIpc) is 2.88. The molecule has 2 aromatic rings. The molecule has 0 saturated carbocycles. The van der Waals surface area contributed by atoms with Gasteiger partial charge in [0.15, 0.2) is 0 Å². The van der Waals surface area contributed by atoms with Gasteiger partial charge in [0.25, 0.3) is 0 Å². The zero-order valence-corrected chi connectivity index (χ0v) is 23.1. The van der Waals surface area contributed by atoms with Crippen molar-refractivity contribution in [3.8, 4) is 0 Å². The molecule has 200 valence electrons. The second-order valence-electron chi connectivity index (χ2n) is 9.49. The average molecular weight is 546 g/mol. The first-order chi connectivity index (χ1) is 17.6.